The van der Waals surface area contributed by atoms with Gasteiger partial charge in [-0.2, -0.15) is 0 Å². The SMILES string of the molecule is Cc1ccc2nc(Br)nn2c1C. The van der Waals surface area contributed by atoms with Crippen LogP contribution in [0.4, 0.5) is 0 Å². The molecule has 2 aromatic heterocycles. The monoisotopic (exact) mass is 225 g/mol. The van der Waals surface area contributed by atoms with Crippen LogP contribution in [-0.4, -0.2) is 14.6 Å². The van der Waals surface area contributed by atoms with Crippen LogP contribution in [-0.2, 0) is 0 Å². The normalized spacial score (nSPS) is 10.9. The van der Waals surface area contributed by atoms with Crippen LogP contribution in [0.2, 0.25) is 0 Å². The van der Waals surface area contributed by atoms with E-state index in [1.807, 2.05) is 23.6 Å². The van der Waals surface area contributed by atoms with Crippen LogP contribution < -0.4 is 0 Å². The first-order valence-corrected chi connectivity index (χ1v) is 4.46. The highest BCUT2D eigenvalue weighted by Gasteiger charge is 2.03. The van der Waals surface area contributed by atoms with Gasteiger partial charge >= 0.3 is 0 Å². The maximum atomic E-state index is 4.20. The Balaban J connectivity index is 2.89. The van der Waals surface area contributed by atoms with Gasteiger partial charge in [0.1, 0.15) is 0 Å². The molecule has 0 aliphatic rings. The minimum absolute atomic E-state index is 0.635. The van der Waals surface area contributed by atoms with Gasteiger partial charge in [-0.05, 0) is 41.4 Å². The summed E-state index contributed by atoms with van der Waals surface area (Å²) in [5.41, 5.74) is 3.23. The first kappa shape index (κ1) is 7.73. The van der Waals surface area contributed by atoms with Gasteiger partial charge in [0.05, 0.1) is 0 Å². The summed E-state index contributed by atoms with van der Waals surface area (Å²) in [5, 5.41) is 4.20. The molecule has 0 radical (unpaired) electrons. The Labute approximate surface area is 78.6 Å². The Hall–Kier alpha value is -0.900. The summed E-state index contributed by atoms with van der Waals surface area (Å²) in [6, 6.07) is 4.01. The van der Waals surface area contributed by atoms with E-state index in [0.717, 1.165) is 11.3 Å². The van der Waals surface area contributed by atoms with Gasteiger partial charge in [0.15, 0.2) is 5.65 Å². The lowest BCUT2D eigenvalue weighted by molar-refractivity contribution is 0.891. The number of hydrogen-bond acceptors (Lipinski definition) is 2. The van der Waals surface area contributed by atoms with E-state index in [0.29, 0.717) is 4.73 Å². The van der Waals surface area contributed by atoms with Crippen LogP contribution >= 0.6 is 15.9 Å². The molecule has 4 heteroatoms. The maximum absolute atomic E-state index is 4.20. The van der Waals surface area contributed by atoms with E-state index in [-0.39, 0.29) is 0 Å². The molecule has 2 rings (SSSR count). The first-order valence-electron chi connectivity index (χ1n) is 3.67. The summed E-state index contributed by atoms with van der Waals surface area (Å²) in [7, 11) is 0. The van der Waals surface area contributed by atoms with Crippen molar-refractivity contribution in [3.63, 3.8) is 0 Å². The fourth-order valence-corrected chi connectivity index (χ4v) is 1.48. The highest BCUT2D eigenvalue weighted by atomic mass is 79.9. The van der Waals surface area contributed by atoms with Crippen molar-refractivity contribution in [1.82, 2.24) is 14.6 Å². The lowest BCUT2D eigenvalue weighted by Crippen LogP contribution is -1.95. The molecule has 2 aromatic rings. The highest BCUT2D eigenvalue weighted by Crippen LogP contribution is 2.11. The lowest BCUT2D eigenvalue weighted by atomic mass is 10.2. The minimum atomic E-state index is 0.635. The quantitative estimate of drug-likeness (QED) is 0.688. The summed E-state index contributed by atoms with van der Waals surface area (Å²) < 4.78 is 2.47. The zero-order valence-corrected chi connectivity index (χ0v) is 8.46. The molecule has 0 unspecified atom stereocenters. The van der Waals surface area contributed by atoms with Gasteiger partial charge in [0.25, 0.3) is 0 Å². The number of aromatic nitrogens is 3. The summed E-state index contributed by atoms with van der Waals surface area (Å²) >= 11 is 3.24. The van der Waals surface area contributed by atoms with Crippen molar-refractivity contribution in [1.29, 1.82) is 0 Å². The molecule has 0 bridgehead atoms. The zero-order valence-electron chi connectivity index (χ0n) is 6.87. The predicted octanol–water partition coefficient (Wildman–Crippen LogP) is 2.11. The molecule has 0 spiro atoms. The fraction of sp³-hybridized carbons (Fsp3) is 0.250. The average Bonchev–Trinajstić information content (AvgIpc) is 2.39. The molecule has 0 saturated carbocycles. The Kier molecular flexibility index (Phi) is 1.65. The highest BCUT2D eigenvalue weighted by molar-refractivity contribution is 9.10. The van der Waals surface area contributed by atoms with Crippen molar-refractivity contribution < 1.29 is 0 Å². The Morgan fingerprint density at radius 2 is 2.08 bits per heavy atom. The largest absolute Gasteiger partial charge is 0.218 e. The summed E-state index contributed by atoms with van der Waals surface area (Å²) in [6.45, 7) is 4.09. The van der Waals surface area contributed by atoms with E-state index >= 15 is 0 Å². The molecule has 0 atom stereocenters. The van der Waals surface area contributed by atoms with Crippen molar-refractivity contribution in [2.24, 2.45) is 0 Å². The van der Waals surface area contributed by atoms with Crippen molar-refractivity contribution in [3.05, 3.63) is 28.1 Å². The van der Waals surface area contributed by atoms with Gasteiger partial charge in [0.2, 0.25) is 4.73 Å². The van der Waals surface area contributed by atoms with Gasteiger partial charge in [-0.3, -0.25) is 0 Å². The predicted molar refractivity (Wildman–Crippen MR) is 50.2 cm³/mol. The molecule has 0 aromatic carbocycles. The second-order valence-corrected chi connectivity index (χ2v) is 3.46. The number of rotatable bonds is 0. The van der Waals surface area contributed by atoms with E-state index < -0.39 is 0 Å². The van der Waals surface area contributed by atoms with E-state index in [2.05, 4.69) is 32.9 Å². The van der Waals surface area contributed by atoms with Gasteiger partial charge in [-0.25, -0.2) is 9.50 Å². The summed E-state index contributed by atoms with van der Waals surface area (Å²) in [6.07, 6.45) is 0. The first-order chi connectivity index (χ1) is 5.68. The topological polar surface area (TPSA) is 30.2 Å². The van der Waals surface area contributed by atoms with E-state index in [1.54, 1.807) is 0 Å². The molecular formula is C8H8BrN3. The van der Waals surface area contributed by atoms with E-state index in [4.69, 9.17) is 0 Å². The molecular weight excluding hydrogens is 218 g/mol. The van der Waals surface area contributed by atoms with Gasteiger partial charge in [0, 0.05) is 5.69 Å². The number of halogens is 1. The molecule has 0 aliphatic carbocycles. The van der Waals surface area contributed by atoms with Crippen molar-refractivity contribution in [2.45, 2.75) is 13.8 Å². The van der Waals surface area contributed by atoms with Crippen LogP contribution in [0.1, 0.15) is 11.3 Å². The third-order valence-corrected chi connectivity index (χ3v) is 2.31. The zero-order chi connectivity index (χ0) is 8.72. The number of pyridine rings is 1. The van der Waals surface area contributed by atoms with Crippen LogP contribution in [0.3, 0.4) is 0 Å². The fourth-order valence-electron chi connectivity index (χ4n) is 1.14. The van der Waals surface area contributed by atoms with Crippen molar-refractivity contribution in [3.8, 4) is 0 Å². The molecule has 0 N–H and O–H groups in total. The average molecular weight is 226 g/mol. The Morgan fingerprint density at radius 3 is 2.83 bits per heavy atom. The van der Waals surface area contributed by atoms with E-state index in [1.165, 1.54) is 5.56 Å². The molecule has 3 nitrogen and oxygen atoms in total. The second kappa shape index (κ2) is 2.55. The van der Waals surface area contributed by atoms with Crippen LogP contribution in [0, 0.1) is 13.8 Å². The molecule has 0 amide bonds. The number of fused-ring (bicyclic) bond motifs is 1. The molecule has 2 heterocycles. The van der Waals surface area contributed by atoms with Gasteiger partial charge in [-0.15, -0.1) is 5.10 Å². The third kappa shape index (κ3) is 1.03. The van der Waals surface area contributed by atoms with Crippen molar-refractivity contribution in [2.75, 3.05) is 0 Å². The standard InChI is InChI=1S/C8H8BrN3/c1-5-3-4-7-10-8(9)11-12(7)6(5)2/h3-4H,1-2H3. The molecule has 0 fully saturated rings. The van der Waals surface area contributed by atoms with Crippen molar-refractivity contribution >= 4 is 21.6 Å². The summed E-state index contributed by atoms with van der Waals surface area (Å²) in [5.74, 6) is 0. The number of nitrogens with zero attached hydrogens (tertiary/aromatic N) is 3. The molecule has 0 saturated heterocycles. The van der Waals surface area contributed by atoms with Crippen LogP contribution in [0.15, 0.2) is 16.9 Å². The van der Waals surface area contributed by atoms with Crippen LogP contribution in [0.25, 0.3) is 5.65 Å². The Morgan fingerprint density at radius 1 is 1.33 bits per heavy atom. The molecule has 0 aliphatic heterocycles. The minimum Gasteiger partial charge on any atom is -0.217 e. The van der Waals surface area contributed by atoms with Gasteiger partial charge < -0.3 is 0 Å². The lowest BCUT2D eigenvalue weighted by Gasteiger charge is -2.00. The summed E-state index contributed by atoms with van der Waals surface area (Å²) in [4.78, 5) is 4.18. The molecule has 12 heavy (non-hydrogen) atoms. The Bertz CT molecular complexity index is 433. The number of aryl methyl sites for hydroxylation is 2. The van der Waals surface area contributed by atoms with E-state index in [9.17, 15) is 0 Å². The molecule has 62 valence electrons. The van der Waals surface area contributed by atoms with Crippen LogP contribution in [0.5, 0.6) is 0 Å². The second-order valence-electron chi connectivity index (χ2n) is 2.75. The van der Waals surface area contributed by atoms with Gasteiger partial charge in [-0.1, -0.05) is 6.07 Å². The smallest absolute Gasteiger partial charge is 0.217 e. The maximum Gasteiger partial charge on any atom is 0.218 e. The third-order valence-electron chi connectivity index (χ3n) is 1.98. The number of hydrogen-bond donors (Lipinski definition) is 0.